The Morgan fingerprint density at radius 3 is 2.59 bits per heavy atom. The van der Waals surface area contributed by atoms with E-state index in [2.05, 4.69) is 26.3 Å². The quantitative estimate of drug-likeness (QED) is 0.771. The van der Waals surface area contributed by atoms with Gasteiger partial charge < -0.3 is 10.2 Å². The third-order valence-electron chi connectivity index (χ3n) is 5.46. The molecular weight excluding hydrogens is 340 g/mol. The van der Waals surface area contributed by atoms with Crippen LogP contribution in [0.1, 0.15) is 47.7 Å². The van der Waals surface area contributed by atoms with E-state index >= 15 is 0 Å². The molecule has 2 fully saturated rings. The van der Waals surface area contributed by atoms with Gasteiger partial charge in [0.1, 0.15) is 5.52 Å². The monoisotopic (exact) mass is 362 g/mol. The summed E-state index contributed by atoms with van der Waals surface area (Å²) >= 11 is 0. The van der Waals surface area contributed by atoms with E-state index in [9.17, 15) is 4.79 Å². The minimum atomic E-state index is -0.0269. The van der Waals surface area contributed by atoms with Gasteiger partial charge in [-0.25, -0.2) is 9.50 Å². The van der Waals surface area contributed by atoms with Crippen molar-refractivity contribution in [2.75, 3.05) is 18.0 Å². The smallest absolute Gasteiger partial charge is 0.251 e. The van der Waals surface area contributed by atoms with Gasteiger partial charge in [0.15, 0.2) is 5.82 Å². The Morgan fingerprint density at radius 1 is 1.07 bits per heavy atom. The molecule has 1 aliphatic heterocycles. The van der Waals surface area contributed by atoms with Crippen LogP contribution in [0.4, 0.5) is 5.82 Å². The van der Waals surface area contributed by atoms with Crippen LogP contribution in [0.2, 0.25) is 0 Å². The van der Waals surface area contributed by atoms with Gasteiger partial charge in [0.2, 0.25) is 0 Å². The zero-order valence-corrected chi connectivity index (χ0v) is 15.1. The summed E-state index contributed by atoms with van der Waals surface area (Å²) in [5.74, 6) is 1.60. The molecule has 0 atom stereocenters. The summed E-state index contributed by atoms with van der Waals surface area (Å²) in [6.07, 6.45) is 11.3. The van der Waals surface area contributed by atoms with E-state index in [-0.39, 0.29) is 11.9 Å². The maximum absolute atomic E-state index is 12.3. The van der Waals surface area contributed by atoms with Crippen LogP contribution in [0.5, 0.6) is 0 Å². The van der Waals surface area contributed by atoms with Crippen LogP contribution in [-0.2, 0) is 0 Å². The van der Waals surface area contributed by atoms with Crippen LogP contribution < -0.4 is 10.2 Å². The molecule has 4 heterocycles. The van der Waals surface area contributed by atoms with Crippen molar-refractivity contribution in [2.45, 2.75) is 37.6 Å². The summed E-state index contributed by atoms with van der Waals surface area (Å²) in [7, 11) is 0. The summed E-state index contributed by atoms with van der Waals surface area (Å²) in [4.78, 5) is 23.2. The first-order valence-corrected chi connectivity index (χ1v) is 9.58. The number of hydrogen-bond donors (Lipinski definition) is 1. The van der Waals surface area contributed by atoms with Gasteiger partial charge in [0.25, 0.3) is 5.91 Å². The van der Waals surface area contributed by atoms with Gasteiger partial charge in [-0.3, -0.25) is 9.78 Å². The summed E-state index contributed by atoms with van der Waals surface area (Å²) < 4.78 is 1.95. The molecule has 1 amide bonds. The minimum absolute atomic E-state index is 0.0269. The molecule has 1 aliphatic carbocycles. The highest BCUT2D eigenvalue weighted by Gasteiger charge is 2.28. The molecule has 0 spiro atoms. The lowest BCUT2D eigenvalue weighted by Crippen LogP contribution is -2.45. The standard InChI is InChI=1S/C20H22N6O/c27-20(15-3-7-21-8-4-15)23-16-5-10-25(11-6-16)19-18-13-17(14-1-2-14)24-26(18)12-9-22-19/h3-4,7-9,12-14,16H,1-2,5-6,10-11H2,(H,23,27). The van der Waals surface area contributed by atoms with Gasteiger partial charge in [-0.15, -0.1) is 0 Å². The predicted octanol–water partition coefficient (Wildman–Crippen LogP) is 2.40. The van der Waals surface area contributed by atoms with Crippen LogP contribution in [0.3, 0.4) is 0 Å². The SMILES string of the molecule is O=C(NC1CCN(c2nccn3nc(C4CC4)cc23)CC1)c1ccncc1. The van der Waals surface area contributed by atoms with E-state index in [0.29, 0.717) is 11.5 Å². The number of pyridine rings is 1. The van der Waals surface area contributed by atoms with E-state index in [4.69, 9.17) is 5.10 Å². The highest BCUT2D eigenvalue weighted by atomic mass is 16.1. The summed E-state index contributed by atoms with van der Waals surface area (Å²) in [6, 6.07) is 5.86. The van der Waals surface area contributed by atoms with Gasteiger partial charge >= 0.3 is 0 Å². The van der Waals surface area contributed by atoms with E-state index in [1.165, 1.54) is 18.5 Å². The second-order valence-corrected chi connectivity index (χ2v) is 7.39. The van der Waals surface area contributed by atoms with Gasteiger partial charge in [-0.1, -0.05) is 0 Å². The predicted molar refractivity (Wildman–Crippen MR) is 102 cm³/mol. The molecule has 1 saturated carbocycles. The Balaban J connectivity index is 1.27. The van der Waals surface area contributed by atoms with Crippen LogP contribution in [0, 0.1) is 0 Å². The molecule has 0 unspecified atom stereocenters. The highest BCUT2D eigenvalue weighted by Crippen LogP contribution is 2.40. The summed E-state index contributed by atoms with van der Waals surface area (Å²) in [5.41, 5.74) is 2.92. The molecule has 1 N–H and O–H groups in total. The largest absolute Gasteiger partial charge is 0.355 e. The summed E-state index contributed by atoms with van der Waals surface area (Å²) in [5, 5.41) is 7.85. The topological polar surface area (TPSA) is 75.4 Å². The summed E-state index contributed by atoms with van der Waals surface area (Å²) in [6.45, 7) is 1.75. The molecule has 5 rings (SSSR count). The Bertz CT molecular complexity index is 957. The Labute approximate surface area is 157 Å². The molecule has 27 heavy (non-hydrogen) atoms. The molecule has 138 valence electrons. The minimum Gasteiger partial charge on any atom is -0.355 e. The number of anilines is 1. The average molecular weight is 362 g/mol. The number of piperidine rings is 1. The normalized spacial score (nSPS) is 18.0. The number of fused-ring (bicyclic) bond motifs is 1. The maximum atomic E-state index is 12.3. The molecule has 0 radical (unpaired) electrons. The lowest BCUT2D eigenvalue weighted by Gasteiger charge is -2.33. The molecule has 7 heteroatoms. The van der Waals surface area contributed by atoms with Gasteiger partial charge in [-0.2, -0.15) is 5.10 Å². The van der Waals surface area contributed by atoms with Crippen molar-refractivity contribution >= 4 is 17.2 Å². The van der Waals surface area contributed by atoms with Crippen LogP contribution in [0.25, 0.3) is 5.52 Å². The first-order valence-electron chi connectivity index (χ1n) is 9.58. The Hall–Kier alpha value is -2.96. The molecule has 7 nitrogen and oxygen atoms in total. The molecule has 3 aromatic heterocycles. The molecular formula is C20H22N6O. The van der Waals surface area contributed by atoms with Crippen molar-refractivity contribution in [1.29, 1.82) is 0 Å². The fourth-order valence-corrected chi connectivity index (χ4v) is 3.76. The third-order valence-corrected chi connectivity index (χ3v) is 5.46. The highest BCUT2D eigenvalue weighted by molar-refractivity contribution is 5.94. The van der Waals surface area contributed by atoms with Crippen LogP contribution in [0.15, 0.2) is 43.0 Å². The van der Waals surface area contributed by atoms with Crippen LogP contribution >= 0.6 is 0 Å². The van der Waals surface area contributed by atoms with Crippen molar-refractivity contribution in [2.24, 2.45) is 0 Å². The molecule has 2 aliphatic rings. The lowest BCUT2D eigenvalue weighted by molar-refractivity contribution is 0.0931. The number of amides is 1. The second-order valence-electron chi connectivity index (χ2n) is 7.39. The number of rotatable bonds is 4. The third kappa shape index (κ3) is 3.25. The van der Waals surface area contributed by atoms with Crippen LogP contribution in [-0.4, -0.2) is 44.6 Å². The molecule has 3 aromatic rings. The number of aromatic nitrogens is 4. The zero-order chi connectivity index (χ0) is 18.2. The maximum Gasteiger partial charge on any atom is 0.251 e. The van der Waals surface area contributed by atoms with E-state index < -0.39 is 0 Å². The van der Waals surface area contributed by atoms with E-state index in [1.54, 1.807) is 24.5 Å². The lowest BCUT2D eigenvalue weighted by atomic mass is 10.0. The van der Waals surface area contributed by atoms with E-state index in [0.717, 1.165) is 37.3 Å². The van der Waals surface area contributed by atoms with Gasteiger partial charge in [0, 0.05) is 55.4 Å². The average Bonchev–Trinajstić information content (AvgIpc) is 3.47. The van der Waals surface area contributed by atoms with Gasteiger partial charge in [-0.05, 0) is 43.9 Å². The van der Waals surface area contributed by atoms with Gasteiger partial charge in [0.05, 0.1) is 5.69 Å². The molecule has 0 aromatic carbocycles. The fraction of sp³-hybridized carbons (Fsp3) is 0.400. The zero-order valence-electron chi connectivity index (χ0n) is 15.1. The van der Waals surface area contributed by atoms with Crippen molar-refractivity contribution in [1.82, 2.24) is 24.9 Å². The van der Waals surface area contributed by atoms with Crippen molar-refractivity contribution in [3.8, 4) is 0 Å². The number of carbonyl (C=O) groups excluding carboxylic acids is 1. The molecule has 0 bridgehead atoms. The first kappa shape index (κ1) is 16.2. The number of hydrogen-bond acceptors (Lipinski definition) is 5. The number of nitrogens with zero attached hydrogens (tertiary/aromatic N) is 5. The van der Waals surface area contributed by atoms with Crippen molar-refractivity contribution in [3.05, 3.63) is 54.2 Å². The second kappa shape index (κ2) is 6.64. The number of carbonyl (C=O) groups is 1. The fourth-order valence-electron chi connectivity index (χ4n) is 3.76. The molecule has 1 saturated heterocycles. The first-order chi connectivity index (χ1) is 13.3. The van der Waals surface area contributed by atoms with Crippen molar-refractivity contribution < 1.29 is 4.79 Å². The van der Waals surface area contributed by atoms with Crippen molar-refractivity contribution in [3.63, 3.8) is 0 Å². The number of nitrogens with one attached hydrogen (secondary N) is 1. The Kier molecular flexibility index (Phi) is 3.99. The van der Waals surface area contributed by atoms with E-state index in [1.807, 2.05) is 16.9 Å². The Morgan fingerprint density at radius 2 is 1.85 bits per heavy atom.